The Labute approximate surface area is 132 Å². The number of thiophene rings is 1. The first kappa shape index (κ1) is 15.9. The maximum absolute atomic E-state index is 12.8. The number of carboxylic acids is 1. The van der Waals surface area contributed by atoms with Crippen molar-refractivity contribution in [3.05, 3.63) is 16.0 Å². The van der Waals surface area contributed by atoms with E-state index >= 15 is 0 Å². The highest BCUT2D eigenvalue weighted by Gasteiger charge is 2.37. The molecule has 7 nitrogen and oxygen atoms in total. The lowest BCUT2D eigenvalue weighted by atomic mass is 10.1. The minimum absolute atomic E-state index is 0.0300. The second kappa shape index (κ2) is 5.89. The average molecular weight is 346 g/mol. The van der Waals surface area contributed by atoms with Crippen molar-refractivity contribution in [1.29, 1.82) is 0 Å². The van der Waals surface area contributed by atoms with Gasteiger partial charge in [-0.3, -0.25) is 0 Å². The highest BCUT2D eigenvalue weighted by molar-refractivity contribution is 7.91. The number of nitrogens with zero attached hydrogens (tertiary/aromatic N) is 1. The number of rotatable bonds is 3. The SMILES string of the molecule is O=C(O)c1c(S(=O)(=O)N2CCCC(O)C2)sc2c1CCNC2. The molecule has 1 unspecified atom stereocenters. The summed E-state index contributed by atoms with van der Waals surface area (Å²) in [6.07, 6.45) is 0.983. The molecule has 0 aromatic carbocycles. The van der Waals surface area contributed by atoms with Gasteiger partial charge in [0.15, 0.2) is 0 Å². The van der Waals surface area contributed by atoms with Gasteiger partial charge in [-0.15, -0.1) is 11.3 Å². The standard InChI is InChI=1S/C13H18N2O5S2/c16-8-2-1-5-15(7-8)22(19,20)13-11(12(17)18)9-3-4-14-6-10(9)21-13/h8,14,16H,1-7H2,(H,17,18). The van der Waals surface area contributed by atoms with Crippen molar-refractivity contribution in [3.63, 3.8) is 0 Å². The zero-order valence-electron chi connectivity index (χ0n) is 11.9. The molecule has 122 valence electrons. The van der Waals surface area contributed by atoms with Crippen molar-refractivity contribution in [1.82, 2.24) is 9.62 Å². The lowest BCUT2D eigenvalue weighted by Gasteiger charge is -2.28. The quantitative estimate of drug-likeness (QED) is 0.724. The molecular formula is C13H18N2O5S2. The number of nitrogens with one attached hydrogen (secondary N) is 1. The number of carboxylic acid groups (broad SMARTS) is 1. The summed E-state index contributed by atoms with van der Waals surface area (Å²) in [5, 5.41) is 22.3. The monoisotopic (exact) mass is 346 g/mol. The third kappa shape index (κ3) is 2.67. The Bertz CT molecular complexity index is 698. The number of fused-ring (bicyclic) bond motifs is 1. The zero-order chi connectivity index (χ0) is 15.9. The molecule has 1 atom stereocenters. The number of carbonyl (C=O) groups is 1. The van der Waals surface area contributed by atoms with Gasteiger partial charge < -0.3 is 15.5 Å². The van der Waals surface area contributed by atoms with Crippen LogP contribution in [0.1, 0.15) is 33.6 Å². The molecule has 0 spiro atoms. The molecule has 0 bridgehead atoms. The van der Waals surface area contributed by atoms with Gasteiger partial charge in [-0.1, -0.05) is 0 Å². The van der Waals surface area contributed by atoms with Gasteiger partial charge in [0.1, 0.15) is 4.21 Å². The molecule has 3 heterocycles. The van der Waals surface area contributed by atoms with Crippen molar-refractivity contribution in [2.75, 3.05) is 19.6 Å². The third-order valence-electron chi connectivity index (χ3n) is 4.04. The van der Waals surface area contributed by atoms with Crippen LogP contribution in [0.4, 0.5) is 0 Å². The van der Waals surface area contributed by atoms with Gasteiger partial charge in [-0.25, -0.2) is 13.2 Å². The van der Waals surface area contributed by atoms with Crippen LogP contribution in [0.2, 0.25) is 0 Å². The molecule has 0 radical (unpaired) electrons. The smallest absolute Gasteiger partial charge is 0.338 e. The van der Waals surface area contributed by atoms with Gasteiger partial charge in [0.2, 0.25) is 0 Å². The Morgan fingerprint density at radius 1 is 1.41 bits per heavy atom. The number of aliphatic hydroxyl groups is 1. The van der Waals surface area contributed by atoms with Crippen LogP contribution in [0.25, 0.3) is 0 Å². The number of hydrogen-bond acceptors (Lipinski definition) is 6. The third-order valence-corrected chi connectivity index (χ3v) is 7.64. The molecule has 0 saturated carbocycles. The van der Waals surface area contributed by atoms with E-state index < -0.39 is 22.1 Å². The summed E-state index contributed by atoms with van der Waals surface area (Å²) in [5.74, 6) is -1.20. The van der Waals surface area contributed by atoms with Crippen LogP contribution in [-0.4, -0.2) is 54.6 Å². The lowest BCUT2D eigenvalue weighted by Crippen LogP contribution is -2.42. The minimum atomic E-state index is -3.88. The molecular weight excluding hydrogens is 328 g/mol. The summed E-state index contributed by atoms with van der Waals surface area (Å²) in [6, 6.07) is 0. The van der Waals surface area contributed by atoms with Crippen LogP contribution in [0.5, 0.6) is 0 Å². The molecule has 0 amide bonds. The molecule has 1 saturated heterocycles. The molecule has 9 heteroatoms. The maximum Gasteiger partial charge on any atom is 0.338 e. The second-order valence-corrected chi connectivity index (χ2v) is 8.80. The van der Waals surface area contributed by atoms with Gasteiger partial charge in [-0.05, 0) is 31.4 Å². The van der Waals surface area contributed by atoms with Gasteiger partial charge in [-0.2, -0.15) is 4.31 Å². The van der Waals surface area contributed by atoms with E-state index in [0.717, 1.165) is 16.2 Å². The fourth-order valence-electron chi connectivity index (χ4n) is 2.96. The van der Waals surface area contributed by atoms with Crippen LogP contribution in [0.15, 0.2) is 4.21 Å². The van der Waals surface area contributed by atoms with Crippen molar-refractivity contribution >= 4 is 27.3 Å². The van der Waals surface area contributed by atoms with Crippen LogP contribution in [-0.2, 0) is 23.0 Å². The van der Waals surface area contributed by atoms with Crippen molar-refractivity contribution in [2.24, 2.45) is 0 Å². The summed E-state index contributed by atoms with van der Waals surface area (Å²) >= 11 is 1.04. The molecule has 1 fully saturated rings. The van der Waals surface area contributed by atoms with Crippen LogP contribution in [0.3, 0.4) is 0 Å². The van der Waals surface area contributed by atoms with Crippen LogP contribution >= 0.6 is 11.3 Å². The number of hydrogen-bond donors (Lipinski definition) is 3. The Hall–Kier alpha value is -1.00. The molecule has 1 aromatic rings. The van der Waals surface area contributed by atoms with E-state index in [1.54, 1.807) is 0 Å². The highest BCUT2D eigenvalue weighted by Crippen LogP contribution is 2.36. The average Bonchev–Trinajstić information content (AvgIpc) is 2.87. The molecule has 3 rings (SSSR count). The summed E-state index contributed by atoms with van der Waals surface area (Å²) in [5.41, 5.74) is 0.550. The van der Waals surface area contributed by atoms with Gasteiger partial charge in [0, 0.05) is 24.5 Å². The Kier molecular flexibility index (Phi) is 4.25. The van der Waals surface area contributed by atoms with Crippen LogP contribution < -0.4 is 5.32 Å². The fourth-order valence-corrected chi connectivity index (χ4v) is 6.48. The minimum Gasteiger partial charge on any atom is -0.478 e. The second-order valence-electron chi connectivity index (χ2n) is 5.56. The molecule has 2 aliphatic heterocycles. The van der Waals surface area contributed by atoms with E-state index in [9.17, 15) is 23.4 Å². The summed E-state index contributed by atoms with van der Waals surface area (Å²) in [7, 11) is -3.88. The highest BCUT2D eigenvalue weighted by atomic mass is 32.2. The number of sulfonamides is 1. The number of aromatic carboxylic acids is 1. The molecule has 3 N–H and O–H groups in total. The molecule has 0 aliphatic carbocycles. The Morgan fingerprint density at radius 2 is 2.18 bits per heavy atom. The number of aliphatic hydroxyl groups excluding tert-OH is 1. The van der Waals surface area contributed by atoms with E-state index in [-0.39, 0.29) is 16.3 Å². The van der Waals surface area contributed by atoms with E-state index in [1.165, 1.54) is 4.31 Å². The maximum atomic E-state index is 12.8. The molecule has 22 heavy (non-hydrogen) atoms. The normalized spacial score (nSPS) is 23.2. The largest absolute Gasteiger partial charge is 0.478 e. The van der Waals surface area contributed by atoms with E-state index in [0.29, 0.717) is 44.5 Å². The van der Waals surface area contributed by atoms with Gasteiger partial charge in [0.25, 0.3) is 10.0 Å². The van der Waals surface area contributed by atoms with Crippen molar-refractivity contribution in [3.8, 4) is 0 Å². The van der Waals surface area contributed by atoms with Gasteiger partial charge >= 0.3 is 5.97 Å². The van der Waals surface area contributed by atoms with Crippen molar-refractivity contribution in [2.45, 2.75) is 36.1 Å². The van der Waals surface area contributed by atoms with E-state index in [2.05, 4.69) is 5.32 Å². The first-order valence-electron chi connectivity index (χ1n) is 7.18. The zero-order valence-corrected chi connectivity index (χ0v) is 13.5. The van der Waals surface area contributed by atoms with Gasteiger partial charge in [0.05, 0.1) is 11.7 Å². The topological polar surface area (TPSA) is 107 Å². The Balaban J connectivity index is 2.06. The fraction of sp³-hybridized carbons (Fsp3) is 0.615. The number of β-amino-alcohol motifs (C(OH)–C–C–N with tert-alkyl or cyclic N) is 1. The summed E-state index contributed by atoms with van der Waals surface area (Å²) in [6.45, 7) is 1.49. The first-order chi connectivity index (χ1) is 10.4. The predicted octanol–water partition coefficient (Wildman–Crippen LogP) is 0.237. The lowest BCUT2D eigenvalue weighted by molar-refractivity contribution is 0.0692. The Morgan fingerprint density at radius 3 is 2.86 bits per heavy atom. The van der Waals surface area contributed by atoms with E-state index in [4.69, 9.17) is 0 Å². The van der Waals surface area contributed by atoms with E-state index in [1.807, 2.05) is 0 Å². The molecule has 1 aromatic heterocycles. The van der Waals surface area contributed by atoms with Crippen molar-refractivity contribution < 1.29 is 23.4 Å². The summed E-state index contributed by atoms with van der Waals surface area (Å²) in [4.78, 5) is 12.4. The summed E-state index contributed by atoms with van der Waals surface area (Å²) < 4.78 is 26.7. The molecule has 2 aliphatic rings. The predicted molar refractivity (Wildman–Crippen MR) is 80.7 cm³/mol. The van der Waals surface area contributed by atoms with Crippen LogP contribution in [0, 0.1) is 0 Å². The number of piperidine rings is 1. The first-order valence-corrected chi connectivity index (χ1v) is 9.43.